The number of nitrogens with zero attached hydrogens (tertiary/aromatic N) is 4. The van der Waals surface area contributed by atoms with E-state index in [1.165, 1.54) is 11.4 Å². The summed E-state index contributed by atoms with van der Waals surface area (Å²) in [5.41, 5.74) is 2.98. The van der Waals surface area contributed by atoms with E-state index in [0.29, 0.717) is 17.1 Å². The summed E-state index contributed by atoms with van der Waals surface area (Å²) in [7, 11) is -4.05. The molecule has 0 unspecified atom stereocenters. The van der Waals surface area contributed by atoms with Gasteiger partial charge in [0.2, 0.25) is 15.7 Å². The number of hydrogen-bond acceptors (Lipinski definition) is 6. The monoisotopic (exact) mass is 373 g/mol. The Kier molecular flexibility index (Phi) is 4.49. The molecule has 1 atom stereocenters. The first-order valence-corrected chi connectivity index (χ1v) is 9.55. The van der Waals surface area contributed by atoms with E-state index < -0.39 is 26.2 Å². The van der Waals surface area contributed by atoms with Crippen molar-refractivity contribution in [3.8, 4) is 0 Å². The predicted molar refractivity (Wildman–Crippen MR) is 96.7 cm³/mol. The summed E-state index contributed by atoms with van der Waals surface area (Å²) in [5, 5.41) is 4.87. The van der Waals surface area contributed by atoms with Crippen LogP contribution in [0.5, 0.6) is 0 Å². The zero-order valence-electron chi connectivity index (χ0n) is 14.9. The van der Waals surface area contributed by atoms with E-state index in [1.54, 1.807) is 32.0 Å². The van der Waals surface area contributed by atoms with Gasteiger partial charge in [-0.05, 0) is 45.9 Å². The molecule has 0 fully saturated rings. The second-order valence-electron chi connectivity index (χ2n) is 6.19. The van der Waals surface area contributed by atoms with Gasteiger partial charge < -0.3 is 5.32 Å². The SMILES string of the molecule is Cc1ccc(NC(=O)[C@@H](C)S(=O)(=O)c2nc3nc(C)cc(C)n3n2)cc1. The van der Waals surface area contributed by atoms with Gasteiger partial charge in [0.25, 0.3) is 10.9 Å². The number of anilines is 1. The third kappa shape index (κ3) is 3.30. The lowest BCUT2D eigenvalue weighted by atomic mass is 10.2. The molecular weight excluding hydrogens is 354 g/mol. The fourth-order valence-corrected chi connectivity index (χ4v) is 3.51. The van der Waals surface area contributed by atoms with E-state index in [0.717, 1.165) is 5.56 Å². The Hall–Kier alpha value is -2.81. The fourth-order valence-electron chi connectivity index (χ4n) is 2.45. The molecular formula is C17H19N5O3S. The van der Waals surface area contributed by atoms with Crippen LogP contribution in [-0.4, -0.2) is 39.2 Å². The molecule has 0 aliphatic carbocycles. The van der Waals surface area contributed by atoms with Gasteiger partial charge in [0.1, 0.15) is 5.25 Å². The molecule has 26 heavy (non-hydrogen) atoms. The van der Waals surface area contributed by atoms with Crippen LogP contribution in [0.3, 0.4) is 0 Å². The number of nitrogens with one attached hydrogen (secondary N) is 1. The van der Waals surface area contributed by atoms with Gasteiger partial charge in [-0.3, -0.25) is 4.79 Å². The number of hydrogen-bond donors (Lipinski definition) is 1. The number of fused-ring (bicyclic) bond motifs is 1. The Morgan fingerprint density at radius 2 is 1.77 bits per heavy atom. The third-order valence-electron chi connectivity index (χ3n) is 4.01. The predicted octanol–water partition coefficient (Wildman–Crippen LogP) is 1.85. The Morgan fingerprint density at radius 3 is 2.42 bits per heavy atom. The average Bonchev–Trinajstić information content (AvgIpc) is 3.01. The summed E-state index contributed by atoms with van der Waals surface area (Å²) < 4.78 is 26.9. The highest BCUT2D eigenvalue weighted by atomic mass is 32.2. The molecule has 0 aliphatic heterocycles. The van der Waals surface area contributed by atoms with Crippen LogP contribution in [0.4, 0.5) is 5.69 Å². The second-order valence-corrected chi connectivity index (χ2v) is 8.35. The molecule has 0 aliphatic rings. The minimum absolute atomic E-state index is 0.187. The zero-order valence-corrected chi connectivity index (χ0v) is 15.7. The van der Waals surface area contributed by atoms with Gasteiger partial charge in [0.15, 0.2) is 0 Å². The van der Waals surface area contributed by atoms with Crippen molar-refractivity contribution in [2.75, 3.05) is 5.32 Å². The molecule has 1 N–H and O–H groups in total. The topological polar surface area (TPSA) is 106 Å². The molecule has 8 nitrogen and oxygen atoms in total. The molecule has 136 valence electrons. The Balaban J connectivity index is 1.90. The number of sulfone groups is 1. The van der Waals surface area contributed by atoms with Crippen molar-refractivity contribution in [3.63, 3.8) is 0 Å². The maximum Gasteiger partial charge on any atom is 0.269 e. The smallest absolute Gasteiger partial charge is 0.269 e. The first-order valence-electron chi connectivity index (χ1n) is 8.01. The first-order chi connectivity index (χ1) is 12.2. The lowest BCUT2D eigenvalue weighted by Gasteiger charge is -2.11. The second kappa shape index (κ2) is 6.49. The number of carbonyl (C=O) groups excluding carboxylic acids is 1. The van der Waals surface area contributed by atoms with Crippen molar-refractivity contribution >= 4 is 27.2 Å². The maximum atomic E-state index is 12.8. The van der Waals surface area contributed by atoms with Crippen LogP contribution >= 0.6 is 0 Å². The summed E-state index contributed by atoms with van der Waals surface area (Å²) in [6.45, 7) is 6.80. The molecule has 0 spiro atoms. The number of aryl methyl sites for hydroxylation is 3. The summed E-state index contributed by atoms with van der Waals surface area (Å²) in [6, 6.07) is 8.85. The van der Waals surface area contributed by atoms with E-state index in [-0.39, 0.29) is 5.78 Å². The molecule has 3 aromatic rings. The Labute approximate surface area is 151 Å². The molecule has 1 amide bonds. The number of aromatic nitrogens is 4. The fraction of sp³-hybridized carbons (Fsp3) is 0.294. The van der Waals surface area contributed by atoms with Gasteiger partial charge in [-0.15, -0.1) is 5.10 Å². The molecule has 9 heteroatoms. The average molecular weight is 373 g/mol. The van der Waals surface area contributed by atoms with Gasteiger partial charge in [-0.1, -0.05) is 17.7 Å². The number of benzene rings is 1. The molecule has 0 saturated carbocycles. The normalized spacial score (nSPS) is 12.9. The number of rotatable bonds is 4. The van der Waals surface area contributed by atoms with Crippen molar-refractivity contribution < 1.29 is 13.2 Å². The molecule has 0 radical (unpaired) electrons. The molecule has 0 saturated heterocycles. The van der Waals surface area contributed by atoms with Gasteiger partial charge in [0, 0.05) is 17.1 Å². The largest absolute Gasteiger partial charge is 0.325 e. The molecule has 2 aromatic heterocycles. The van der Waals surface area contributed by atoms with E-state index >= 15 is 0 Å². The standard InChI is InChI=1S/C17H19N5O3S/c1-10-5-7-14(8-6-10)19-15(23)13(4)26(24,25)17-20-16-18-11(2)9-12(3)22(16)21-17/h5-9,13H,1-4H3,(H,19,23)/t13-/m1/s1. The van der Waals surface area contributed by atoms with Crippen LogP contribution in [0.1, 0.15) is 23.9 Å². The lowest BCUT2D eigenvalue weighted by Crippen LogP contribution is -2.33. The molecule has 3 rings (SSSR count). The van der Waals surface area contributed by atoms with Crippen LogP contribution < -0.4 is 5.32 Å². The van der Waals surface area contributed by atoms with E-state index in [2.05, 4.69) is 20.4 Å². The lowest BCUT2D eigenvalue weighted by molar-refractivity contribution is -0.115. The van der Waals surface area contributed by atoms with Crippen LogP contribution in [0.25, 0.3) is 5.78 Å². The van der Waals surface area contributed by atoms with Crippen LogP contribution in [0.2, 0.25) is 0 Å². The van der Waals surface area contributed by atoms with Crippen molar-refractivity contribution in [1.82, 2.24) is 19.6 Å². The number of amides is 1. The van der Waals surface area contributed by atoms with Crippen LogP contribution in [0, 0.1) is 20.8 Å². The van der Waals surface area contributed by atoms with Gasteiger partial charge >= 0.3 is 0 Å². The van der Waals surface area contributed by atoms with Crippen molar-refractivity contribution in [3.05, 3.63) is 47.3 Å². The first kappa shape index (κ1) is 18.0. The third-order valence-corrected chi connectivity index (χ3v) is 5.83. The minimum atomic E-state index is -4.05. The number of carbonyl (C=O) groups is 1. The van der Waals surface area contributed by atoms with Crippen LogP contribution in [-0.2, 0) is 14.6 Å². The van der Waals surface area contributed by atoms with E-state index in [1.807, 2.05) is 19.1 Å². The summed E-state index contributed by atoms with van der Waals surface area (Å²) in [5.74, 6) is -0.458. The highest BCUT2D eigenvalue weighted by molar-refractivity contribution is 7.92. The van der Waals surface area contributed by atoms with E-state index in [9.17, 15) is 13.2 Å². The maximum absolute atomic E-state index is 12.8. The van der Waals surface area contributed by atoms with Crippen molar-refractivity contribution in [2.45, 2.75) is 38.1 Å². The zero-order chi connectivity index (χ0) is 19.1. The minimum Gasteiger partial charge on any atom is -0.325 e. The summed E-state index contributed by atoms with van der Waals surface area (Å²) in [6.07, 6.45) is 0. The van der Waals surface area contributed by atoms with Gasteiger partial charge in [-0.25, -0.2) is 17.9 Å². The van der Waals surface area contributed by atoms with Gasteiger partial charge in [0.05, 0.1) is 0 Å². The molecule has 0 bridgehead atoms. The molecule has 2 heterocycles. The Bertz CT molecular complexity index is 1090. The molecule has 1 aromatic carbocycles. The quantitative estimate of drug-likeness (QED) is 0.748. The summed E-state index contributed by atoms with van der Waals surface area (Å²) >= 11 is 0. The van der Waals surface area contributed by atoms with Crippen molar-refractivity contribution in [2.24, 2.45) is 0 Å². The van der Waals surface area contributed by atoms with Gasteiger partial charge in [-0.2, -0.15) is 4.98 Å². The highest BCUT2D eigenvalue weighted by Gasteiger charge is 2.34. The van der Waals surface area contributed by atoms with Crippen molar-refractivity contribution in [1.29, 1.82) is 0 Å². The Morgan fingerprint density at radius 1 is 1.12 bits per heavy atom. The van der Waals surface area contributed by atoms with E-state index in [4.69, 9.17) is 0 Å². The summed E-state index contributed by atoms with van der Waals surface area (Å²) in [4.78, 5) is 20.6. The van der Waals surface area contributed by atoms with Crippen LogP contribution in [0.15, 0.2) is 35.5 Å². The highest BCUT2D eigenvalue weighted by Crippen LogP contribution is 2.17.